The van der Waals surface area contributed by atoms with Gasteiger partial charge in [-0.05, 0) is 24.3 Å². The summed E-state index contributed by atoms with van der Waals surface area (Å²) in [6.45, 7) is 0.341. The normalized spacial score (nSPS) is 33.3. The molecule has 3 rings (SSSR count). The molecule has 0 unspecified atom stereocenters. The molecule has 2 fully saturated rings. The topological polar surface area (TPSA) is 84.9 Å². The molecule has 2 saturated heterocycles. The smallest absolute Gasteiger partial charge is 0.240 e. The summed E-state index contributed by atoms with van der Waals surface area (Å²) >= 11 is 5.74. The minimum Gasteiger partial charge on any atom is -0.388 e. The van der Waals surface area contributed by atoms with Crippen molar-refractivity contribution in [3.63, 3.8) is 0 Å². The van der Waals surface area contributed by atoms with Crippen molar-refractivity contribution in [2.45, 2.75) is 29.2 Å². The highest BCUT2D eigenvalue weighted by atomic mass is 35.5. The fourth-order valence-electron chi connectivity index (χ4n) is 2.46. The lowest BCUT2D eigenvalue weighted by atomic mass is 10.1. The first-order chi connectivity index (χ1) is 9.47. The SMILES string of the molecule is O=S(=O)(N[C@H]1CO[C@H]2[C@@H]1OC[C@H]2O)c1ccc(Cl)cc1. The summed E-state index contributed by atoms with van der Waals surface area (Å²) in [5.74, 6) is 0. The Hall–Kier alpha value is -0.700. The van der Waals surface area contributed by atoms with Crippen molar-refractivity contribution in [3.8, 4) is 0 Å². The molecule has 0 spiro atoms. The van der Waals surface area contributed by atoms with Crippen LogP contribution in [0.1, 0.15) is 0 Å². The molecule has 6 nitrogen and oxygen atoms in total. The standard InChI is InChI=1S/C12H14ClNO5S/c13-7-1-3-8(4-2-7)20(16,17)14-9-5-18-12-10(15)6-19-11(9)12/h1-4,9-12,14-15H,5-6H2/t9-,10+,11+,12+/m0/s1. The Morgan fingerprint density at radius 3 is 2.50 bits per heavy atom. The Labute approximate surface area is 121 Å². The van der Waals surface area contributed by atoms with Crippen LogP contribution in [-0.4, -0.2) is 51.1 Å². The van der Waals surface area contributed by atoms with E-state index in [0.717, 1.165) is 0 Å². The van der Waals surface area contributed by atoms with Gasteiger partial charge < -0.3 is 14.6 Å². The second-order valence-corrected chi connectivity index (χ2v) is 7.00. The number of rotatable bonds is 3. The van der Waals surface area contributed by atoms with Gasteiger partial charge in [-0.3, -0.25) is 0 Å². The summed E-state index contributed by atoms with van der Waals surface area (Å²) in [6.07, 6.45) is -1.62. The molecule has 0 aromatic heterocycles. The van der Waals surface area contributed by atoms with Crippen molar-refractivity contribution in [2.24, 2.45) is 0 Å². The van der Waals surface area contributed by atoms with Gasteiger partial charge in [-0.25, -0.2) is 13.1 Å². The van der Waals surface area contributed by atoms with Crippen LogP contribution >= 0.6 is 11.6 Å². The summed E-state index contributed by atoms with van der Waals surface area (Å²) in [6, 6.07) is 5.39. The molecule has 4 atom stereocenters. The molecule has 2 aliphatic heterocycles. The van der Waals surface area contributed by atoms with Crippen LogP contribution in [-0.2, 0) is 19.5 Å². The molecule has 0 aliphatic carbocycles. The Balaban J connectivity index is 1.76. The Morgan fingerprint density at radius 1 is 1.15 bits per heavy atom. The second-order valence-electron chi connectivity index (χ2n) is 4.84. The third-order valence-electron chi connectivity index (χ3n) is 3.46. The predicted molar refractivity (Wildman–Crippen MR) is 71.0 cm³/mol. The van der Waals surface area contributed by atoms with E-state index in [1.54, 1.807) is 0 Å². The van der Waals surface area contributed by atoms with Crippen molar-refractivity contribution in [3.05, 3.63) is 29.3 Å². The van der Waals surface area contributed by atoms with Gasteiger partial charge in [0.2, 0.25) is 10.0 Å². The first-order valence-corrected chi connectivity index (χ1v) is 8.03. The molecule has 1 aromatic carbocycles. The van der Waals surface area contributed by atoms with Crippen molar-refractivity contribution >= 4 is 21.6 Å². The fraction of sp³-hybridized carbons (Fsp3) is 0.500. The molecular weight excluding hydrogens is 306 g/mol. The van der Waals surface area contributed by atoms with E-state index in [1.165, 1.54) is 24.3 Å². The molecule has 2 aliphatic rings. The molecule has 0 bridgehead atoms. The fourth-order valence-corrected chi connectivity index (χ4v) is 3.82. The minimum atomic E-state index is -3.67. The summed E-state index contributed by atoms with van der Waals surface area (Å²) < 4.78 is 37.8. The zero-order chi connectivity index (χ0) is 14.3. The molecule has 2 N–H and O–H groups in total. The van der Waals surface area contributed by atoms with Crippen LogP contribution in [0.2, 0.25) is 5.02 Å². The third kappa shape index (κ3) is 2.57. The highest BCUT2D eigenvalue weighted by Gasteiger charge is 2.48. The van der Waals surface area contributed by atoms with Crippen molar-refractivity contribution < 1.29 is 23.0 Å². The number of benzene rings is 1. The Morgan fingerprint density at radius 2 is 1.80 bits per heavy atom. The van der Waals surface area contributed by atoms with E-state index >= 15 is 0 Å². The van der Waals surface area contributed by atoms with Gasteiger partial charge in [0, 0.05) is 5.02 Å². The van der Waals surface area contributed by atoms with E-state index in [-0.39, 0.29) is 18.1 Å². The number of nitrogens with one attached hydrogen (secondary N) is 1. The van der Waals surface area contributed by atoms with E-state index in [0.29, 0.717) is 5.02 Å². The molecule has 0 amide bonds. The molecule has 110 valence electrons. The van der Waals surface area contributed by atoms with Crippen LogP contribution < -0.4 is 4.72 Å². The van der Waals surface area contributed by atoms with Gasteiger partial charge in [0.15, 0.2) is 0 Å². The van der Waals surface area contributed by atoms with Crippen molar-refractivity contribution in [1.29, 1.82) is 0 Å². The number of hydrogen-bond acceptors (Lipinski definition) is 5. The van der Waals surface area contributed by atoms with Gasteiger partial charge in [0.05, 0.1) is 24.2 Å². The maximum absolute atomic E-state index is 12.2. The van der Waals surface area contributed by atoms with E-state index in [4.69, 9.17) is 21.1 Å². The van der Waals surface area contributed by atoms with Gasteiger partial charge >= 0.3 is 0 Å². The van der Waals surface area contributed by atoms with Crippen LogP contribution in [0, 0.1) is 0 Å². The lowest BCUT2D eigenvalue weighted by Crippen LogP contribution is -2.44. The average Bonchev–Trinajstić information content (AvgIpc) is 2.95. The summed E-state index contributed by atoms with van der Waals surface area (Å²) in [4.78, 5) is 0.129. The highest BCUT2D eigenvalue weighted by Crippen LogP contribution is 2.28. The lowest BCUT2D eigenvalue weighted by molar-refractivity contribution is 0.0181. The van der Waals surface area contributed by atoms with E-state index in [9.17, 15) is 13.5 Å². The number of aliphatic hydroxyl groups is 1. The second kappa shape index (κ2) is 5.25. The average molecular weight is 320 g/mol. The predicted octanol–water partition coefficient (Wildman–Crippen LogP) is 0.145. The zero-order valence-corrected chi connectivity index (χ0v) is 12.0. The molecule has 0 saturated carbocycles. The monoisotopic (exact) mass is 319 g/mol. The summed E-state index contributed by atoms with van der Waals surface area (Å²) in [7, 11) is -3.67. The van der Waals surface area contributed by atoms with E-state index in [1.807, 2.05) is 0 Å². The lowest BCUT2D eigenvalue weighted by Gasteiger charge is -2.17. The van der Waals surface area contributed by atoms with Crippen LogP contribution in [0.25, 0.3) is 0 Å². The van der Waals surface area contributed by atoms with Gasteiger partial charge in [-0.1, -0.05) is 11.6 Å². The van der Waals surface area contributed by atoms with Gasteiger partial charge in [0.1, 0.15) is 18.3 Å². The van der Waals surface area contributed by atoms with E-state index < -0.39 is 34.4 Å². The first kappa shape index (κ1) is 14.2. The summed E-state index contributed by atoms with van der Waals surface area (Å²) in [5, 5.41) is 10.1. The number of halogens is 1. The number of hydrogen-bond donors (Lipinski definition) is 2. The van der Waals surface area contributed by atoms with Crippen LogP contribution in [0.3, 0.4) is 0 Å². The van der Waals surface area contributed by atoms with Crippen molar-refractivity contribution in [1.82, 2.24) is 4.72 Å². The number of fused-ring (bicyclic) bond motifs is 1. The minimum absolute atomic E-state index is 0.129. The van der Waals surface area contributed by atoms with Crippen LogP contribution in [0.15, 0.2) is 29.2 Å². The highest BCUT2D eigenvalue weighted by molar-refractivity contribution is 7.89. The van der Waals surface area contributed by atoms with Crippen molar-refractivity contribution in [2.75, 3.05) is 13.2 Å². The zero-order valence-electron chi connectivity index (χ0n) is 10.4. The number of ether oxygens (including phenoxy) is 2. The molecular formula is C12H14ClNO5S. The van der Waals surface area contributed by atoms with E-state index in [2.05, 4.69) is 4.72 Å². The molecule has 2 heterocycles. The molecule has 8 heteroatoms. The largest absolute Gasteiger partial charge is 0.388 e. The maximum Gasteiger partial charge on any atom is 0.240 e. The Kier molecular flexibility index (Phi) is 3.74. The van der Waals surface area contributed by atoms with Gasteiger partial charge in [0.25, 0.3) is 0 Å². The first-order valence-electron chi connectivity index (χ1n) is 6.16. The quantitative estimate of drug-likeness (QED) is 0.828. The molecule has 20 heavy (non-hydrogen) atoms. The summed E-state index contributed by atoms with van der Waals surface area (Å²) in [5.41, 5.74) is 0. The third-order valence-corrected chi connectivity index (χ3v) is 5.22. The number of sulfonamides is 1. The Bertz CT molecular complexity index is 590. The maximum atomic E-state index is 12.2. The van der Waals surface area contributed by atoms with Crippen LogP contribution in [0.4, 0.5) is 0 Å². The van der Waals surface area contributed by atoms with Gasteiger partial charge in [-0.15, -0.1) is 0 Å². The van der Waals surface area contributed by atoms with Crippen LogP contribution in [0.5, 0.6) is 0 Å². The molecule has 0 radical (unpaired) electrons. The van der Waals surface area contributed by atoms with Gasteiger partial charge in [-0.2, -0.15) is 0 Å². The number of aliphatic hydroxyl groups excluding tert-OH is 1. The molecule has 1 aromatic rings.